The Kier molecular flexibility index (Phi) is 4.27. The summed E-state index contributed by atoms with van der Waals surface area (Å²) < 4.78 is 37.9. The average Bonchev–Trinajstić information content (AvgIpc) is 2.39. The van der Waals surface area contributed by atoms with Crippen molar-refractivity contribution in [1.29, 1.82) is 0 Å². The highest BCUT2D eigenvalue weighted by Gasteiger charge is 2.30. The first kappa shape index (κ1) is 14.4. The van der Waals surface area contributed by atoms with Gasteiger partial charge in [0, 0.05) is 12.2 Å². The smallest absolute Gasteiger partial charge is 0.367 e. The number of rotatable bonds is 4. The van der Waals surface area contributed by atoms with E-state index in [9.17, 15) is 13.2 Å². The molecule has 1 N–H and O–H groups in total. The van der Waals surface area contributed by atoms with Crippen molar-refractivity contribution in [2.75, 3.05) is 5.32 Å². The van der Waals surface area contributed by atoms with E-state index in [-0.39, 0.29) is 6.04 Å². The van der Waals surface area contributed by atoms with E-state index in [1.165, 1.54) is 12.1 Å². The van der Waals surface area contributed by atoms with E-state index in [0.29, 0.717) is 17.8 Å². The second-order valence-electron chi connectivity index (χ2n) is 4.66. The summed E-state index contributed by atoms with van der Waals surface area (Å²) in [6.45, 7) is 1.91. The number of nitrogens with zero attached hydrogens (tertiary/aromatic N) is 1. The van der Waals surface area contributed by atoms with Crippen molar-refractivity contribution >= 4 is 5.82 Å². The highest BCUT2D eigenvalue weighted by molar-refractivity contribution is 5.35. The molecule has 20 heavy (non-hydrogen) atoms. The van der Waals surface area contributed by atoms with Crippen LogP contribution in [0, 0.1) is 0 Å². The van der Waals surface area contributed by atoms with Gasteiger partial charge in [0.2, 0.25) is 0 Å². The SMILES string of the molecule is CC(Cc1cccc(C(F)(F)F)c1)Nc1ccccn1. The first-order valence-electron chi connectivity index (χ1n) is 6.29. The number of benzene rings is 1. The molecule has 0 aliphatic rings. The van der Waals surface area contributed by atoms with Crippen molar-refractivity contribution in [3.8, 4) is 0 Å². The number of hydrogen-bond acceptors (Lipinski definition) is 2. The van der Waals surface area contributed by atoms with E-state index in [1.807, 2.05) is 25.1 Å². The van der Waals surface area contributed by atoms with Crippen LogP contribution in [0.1, 0.15) is 18.1 Å². The molecule has 0 aliphatic carbocycles. The van der Waals surface area contributed by atoms with E-state index >= 15 is 0 Å². The van der Waals surface area contributed by atoms with Gasteiger partial charge in [0.1, 0.15) is 5.82 Å². The molecule has 5 heteroatoms. The number of halogens is 3. The summed E-state index contributed by atoms with van der Waals surface area (Å²) in [7, 11) is 0. The average molecular weight is 280 g/mol. The summed E-state index contributed by atoms with van der Waals surface area (Å²) in [5, 5.41) is 3.16. The molecule has 0 aliphatic heterocycles. The fraction of sp³-hybridized carbons (Fsp3) is 0.267. The number of aromatic nitrogens is 1. The molecule has 0 radical (unpaired) electrons. The van der Waals surface area contributed by atoms with Crippen molar-refractivity contribution in [3.05, 3.63) is 59.8 Å². The van der Waals surface area contributed by atoms with Gasteiger partial charge in [-0.25, -0.2) is 4.98 Å². The lowest BCUT2D eigenvalue weighted by molar-refractivity contribution is -0.137. The number of anilines is 1. The Morgan fingerprint density at radius 3 is 2.60 bits per heavy atom. The molecule has 0 fully saturated rings. The first-order valence-corrected chi connectivity index (χ1v) is 6.29. The largest absolute Gasteiger partial charge is 0.416 e. The van der Waals surface area contributed by atoms with E-state index in [2.05, 4.69) is 10.3 Å². The molecule has 1 atom stereocenters. The van der Waals surface area contributed by atoms with Crippen LogP contribution in [-0.4, -0.2) is 11.0 Å². The summed E-state index contributed by atoms with van der Waals surface area (Å²) in [6.07, 6.45) is -2.13. The van der Waals surface area contributed by atoms with Crippen LogP contribution in [0.25, 0.3) is 0 Å². The number of hydrogen-bond donors (Lipinski definition) is 1. The molecule has 0 spiro atoms. The van der Waals surface area contributed by atoms with Crippen LogP contribution < -0.4 is 5.32 Å². The molecule has 2 aromatic rings. The van der Waals surface area contributed by atoms with E-state index < -0.39 is 11.7 Å². The van der Waals surface area contributed by atoms with Crippen molar-refractivity contribution in [3.63, 3.8) is 0 Å². The molecule has 0 saturated carbocycles. The zero-order valence-electron chi connectivity index (χ0n) is 11.0. The van der Waals surface area contributed by atoms with Gasteiger partial charge in [0.05, 0.1) is 5.56 Å². The number of alkyl halides is 3. The molecule has 0 amide bonds. The highest BCUT2D eigenvalue weighted by atomic mass is 19.4. The summed E-state index contributed by atoms with van der Waals surface area (Å²) in [5.74, 6) is 0.715. The van der Waals surface area contributed by atoms with Crippen molar-refractivity contribution in [2.24, 2.45) is 0 Å². The van der Waals surface area contributed by atoms with Gasteiger partial charge in [-0.2, -0.15) is 13.2 Å². The Balaban J connectivity index is 2.03. The maximum atomic E-state index is 12.6. The Hall–Kier alpha value is -2.04. The van der Waals surface area contributed by atoms with Gasteiger partial charge in [-0.05, 0) is 37.1 Å². The van der Waals surface area contributed by atoms with Gasteiger partial charge in [-0.1, -0.05) is 24.3 Å². The van der Waals surface area contributed by atoms with Gasteiger partial charge in [-0.15, -0.1) is 0 Å². The minimum Gasteiger partial charge on any atom is -0.367 e. The standard InChI is InChI=1S/C15H15F3N2/c1-11(20-14-7-2-3-8-19-14)9-12-5-4-6-13(10-12)15(16,17)18/h2-8,10-11H,9H2,1H3,(H,19,20). The van der Waals surface area contributed by atoms with Gasteiger partial charge in [-0.3, -0.25) is 0 Å². The van der Waals surface area contributed by atoms with Crippen LogP contribution in [0.2, 0.25) is 0 Å². The zero-order chi connectivity index (χ0) is 14.6. The van der Waals surface area contributed by atoms with Gasteiger partial charge >= 0.3 is 6.18 Å². The lowest BCUT2D eigenvalue weighted by atomic mass is 10.0. The second-order valence-corrected chi connectivity index (χ2v) is 4.66. The summed E-state index contributed by atoms with van der Waals surface area (Å²) in [4.78, 5) is 4.13. The molecule has 2 rings (SSSR count). The van der Waals surface area contributed by atoms with Gasteiger partial charge in [0.25, 0.3) is 0 Å². The molecule has 0 saturated heterocycles. The topological polar surface area (TPSA) is 24.9 Å². The zero-order valence-corrected chi connectivity index (χ0v) is 11.0. The Labute approximate surface area is 115 Å². The Bertz CT molecular complexity index is 553. The predicted octanol–water partition coefficient (Wildman–Crippen LogP) is 4.14. The van der Waals surface area contributed by atoms with Crippen molar-refractivity contribution in [2.45, 2.75) is 25.6 Å². The number of nitrogens with one attached hydrogen (secondary N) is 1. The fourth-order valence-corrected chi connectivity index (χ4v) is 1.98. The minimum atomic E-state index is -4.30. The minimum absolute atomic E-state index is 0.00613. The molecule has 1 heterocycles. The van der Waals surface area contributed by atoms with Crippen LogP contribution in [0.5, 0.6) is 0 Å². The van der Waals surface area contributed by atoms with E-state index in [0.717, 1.165) is 6.07 Å². The van der Waals surface area contributed by atoms with Crippen LogP contribution in [0.4, 0.5) is 19.0 Å². The molecule has 1 unspecified atom stereocenters. The molecule has 2 nitrogen and oxygen atoms in total. The number of pyridine rings is 1. The summed E-state index contributed by atoms with van der Waals surface area (Å²) in [6, 6.07) is 10.9. The van der Waals surface area contributed by atoms with Crippen LogP contribution >= 0.6 is 0 Å². The lowest BCUT2D eigenvalue weighted by Crippen LogP contribution is -2.19. The van der Waals surface area contributed by atoms with Crippen LogP contribution in [0.3, 0.4) is 0 Å². The highest BCUT2D eigenvalue weighted by Crippen LogP contribution is 2.29. The maximum absolute atomic E-state index is 12.6. The Morgan fingerprint density at radius 1 is 1.15 bits per heavy atom. The van der Waals surface area contributed by atoms with Gasteiger partial charge < -0.3 is 5.32 Å². The molecular formula is C15H15F3N2. The van der Waals surface area contributed by atoms with Crippen molar-refractivity contribution < 1.29 is 13.2 Å². The first-order chi connectivity index (χ1) is 9.45. The molecular weight excluding hydrogens is 265 g/mol. The maximum Gasteiger partial charge on any atom is 0.416 e. The normalized spacial score (nSPS) is 13.0. The lowest BCUT2D eigenvalue weighted by Gasteiger charge is -2.15. The van der Waals surface area contributed by atoms with Crippen LogP contribution in [0.15, 0.2) is 48.7 Å². The fourth-order valence-electron chi connectivity index (χ4n) is 1.98. The van der Waals surface area contributed by atoms with E-state index in [4.69, 9.17) is 0 Å². The third-order valence-corrected chi connectivity index (χ3v) is 2.86. The van der Waals surface area contributed by atoms with Crippen LogP contribution in [-0.2, 0) is 12.6 Å². The second kappa shape index (κ2) is 5.94. The molecule has 106 valence electrons. The van der Waals surface area contributed by atoms with E-state index in [1.54, 1.807) is 12.3 Å². The quantitative estimate of drug-likeness (QED) is 0.910. The third-order valence-electron chi connectivity index (χ3n) is 2.86. The monoisotopic (exact) mass is 280 g/mol. The van der Waals surface area contributed by atoms with Gasteiger partial charge in [0.15, 0.2) is 0 Å². The molecule has 0 bridgehead atoms. The predicted molar refractivity (Wildman–Crippen MR) is 72.5 cm³/mol. The Morgan fingerprint density at radius 2 is 1.95 bits per heavy atom. The third kappa shape index (κ3) is 3.98. The van der Waals surface area contributed by atoms with Crippen molar-refractivity contribution in [1.82, 2.24) is 4.98 Å². The summed E-state index contributed by atoms with van der Waals surface area (Å²) >= 11 is 0. The molecule has 1 aromatic heterocycles. The summed E-state index contributed by atoms with van der Waals surface area (Å²) in [5.41, 5.74) is 0.0378. The molecule has 1 aromatic carbocycles.